The van der Waals surface area contributed by atoms with E-state index in [0.717, 1.165) is 16.8 Å². The summed E-state index contributed by atoms with van der Waals surface area (Å²) in [6.45, 7) is 0.526. The zero-order valence-electron chi connectivity index (χ0n) is 14.2. The number of benzene rings is 2. The van der Waals surface area contributed by atoms with Crippen molar-refractivity contribution in [1.82, 2.24) is 5.32 Å². The summed E-state index contributed by atoms with van der Waals surface area (Å²) in [6.07, 6.45) is 1.81. The molecule has 5 heteroatoms. The molecule has 2 aromatic carbocycles. The van der Waals surface area contributed by atoms with Gasteiger partial charge in [0.15, 0.2) is 0 Å². The van der Waals surface area contributed by atoms with Crippen molar-refractivity contribution in [3.05, 3.63) is 65.0 Å². The molecule has 1 heterocycles. The van der Waals surface area contributed by atoms with Crippen LogP contribution in [-0.2, 0) is 28.9 Å². The summed E-state index contributed by atoms with van der Waals surface area (Å²) in [6, 6.07) is 12.5. The van der Waals surface area contributed by atoms with Gasteiger partial charge in [-0.05, 0) is 41.7 Å². The number of likely N-dealkylation sites (N-methyl/N-ethyl adjacent to an activating group) is 1. The second-order valence-corrected chi connectivity index (χ2v) is 6.28. The highest BCUT2D eigenvalue weighted by Crippen LogP contribution is 2.28. The van der Waals surface area contributed by atoms with E-state index in [-0.39, 0.29) is 24.1 Å². The molecule has 3 rings (SSSR count). The van der Waals surface area contributed by atoms with Gasteiger partial charge in [-0.1, -0.05) is 30.3 Å². The molecular weight excluding hydrogens is 319 g/mol. The van der Waals surface area contributed by atoms with Crippen LogP contribution in [0.25, 0.3) is 0 Å². The van der Waals surface area contributed by atoms with E-state index in [9.17, 15) is 14.0 Å². The summed E-state index contributed by atoms with van der Waals surface area (Å²) in [4.78, 5) is 25.3. The Hall–Kier alpha value is -2.69. The van der Waals surface area contributed by atoms with Crippen molar-refractivity contribution in [3.63, 3.8) is 0 Å². The molecule has 1 N–H and O–H groups in total. The predicted octanol–water partition coefficient (Wildman–Crippen LogP) is 2.64. The number of anilines is 1. The minimum atomic E-state index is -0.270. The standard InChI is InChI=1S/C20H21FN2O2/c1-23-18-8-6-14(12-16(18)13-20(23)25)10-11-22-19(24)9-7-15-4-2-3-5-17(15)21/h2-6,8,12H,7,9-11,13H2,1H3,(H,22,24). The molecular formula is C20H21FN2O2. The van der Waals surface area contributed by atoms with E-state index in [4.69, 9.17) is 0 Å². The van der Waals surface area contributed by atoms with E-state index in [1.54, 1.807) is 30.1 Å². The fourth-order valence-electron chi connectivity index (χ4n) is 3.06. The molecule has 130 valence electrons. The Labute approximate surface area is 146 Å². The minimum absolute atomic E-state index is 0.0840. The van der Waals surface area contributed by atoms with Crippen LogP contribution < -0.4 is 10.2 Å². The molecule has 25 heavy (non-hydrogen) atoms. The number of fused-ring (bicyclic) bond motifs is 1. The third-order valence-corrected chi connectivity index (χ3v) is 4.54. The third-order valence-electron chi connectivity index (χ3n) is 4.54. The van der Waals surface area contributed by atoms with E-state index >= 15 is 0 Å². The lowest BCUT2D eigenvalue weighted by molar-refractivity contribution is -0.121. The smallest absolute Gasteiger partial charge is 0.231 e. The van der Waals surface area contributed by atoms with Crippen LogP contribution >= 0.6 is 0 Å². The molecule has 0 unspecified atom stereocenters. The Morgan fingerprint density at radius 2 is 2.00 bits per heavy atom. The molecule has 2 aromatic rings. The first-order chi connectivity index (χ1) is 12.0. The molecule has 0 bridgehead atoms. The number of rotatable bonds is 6. The molecule has 1 aliphatic heterocycles. The topological polar surface area (TPSA) is 49.4 Å². The van der Waals surface area contributed by atoms with Gasteiger partial charge in [-0.15, -0.1) is 0 Å². The van der Waals surface area contributed by atoms with E-state index in [1.807, 2.05) is 18.2 Å². The van der Waals surface area contributed by atoms with E-state index in [1.165, 1.54) is 6.07 Å². The normalized spacial score (nSPS) is 13.0. The van der Waals surface area contributed by atoms with Gasteiger partial charge in [-0.3, -0.25) is 9.59 Å². The van der Waals surface area contributed by atoms with E-state index in [2.05, 4.69) is 5.32 Å². The molecule has 1 aliphatic rings. The maximum Gasteiger partial charge on any atom is 0.231 e. The van der Waals surface area contributed by atoms with Gasteiger partial charge in [-0.25, -0.2) is 4.39 Å². The first-order valence-corrected chi connectivity index (χ1v) is 8.43. The highest BCUT2D eigenvalue weighted by Gasteiger charge is 2.23. The maximum absolute atomic E-state index is 13.5. The molecule has 0 aliphatic carbocycles. The van der Waals surface area contributed by atoms with Gasteiger partial charge in [0.25, 0.3) is 0 Å². The molecule has 4 nitrogen and oxygen atoms in total. The van der Waals surface area contributed by atoms with Crippen molar-refractivity contribution < 1.29 is 14.0 Å². The highest BCUT2D eigenvalue weighted by atomic mass is 19.1. The van der Waals surface area contributed by atoms with Gasteiger partial charge in [0.05, 0.1) is 6.42 Å². The number of halogens is 1. The van der Waals surface area contributed by atoms with Crippen molar-refractivity contribution in [2.24, 2.45) is 0 Å². The van der Waals surface area contributed by atoms with Crippen LogP contribution in [0.15, 0.2) is 42.5 Å². The summed E-state index contributed by atoms with van der Waals surface area (Å²) in [5.74, 6) is -0.249. The third kappa shape index (κ3) is 4.05. The molecule has 2 amide bonds. The number of aryl methyl sites for hydroxylation is 1. The van der Waals surface area contributed by atoms with Gasteiger partial charge < -0.3 is 10.2 Å². The zero-order valence-corrected chi connectivity index (χ0v) is 14.2. The van der Waals surface area contributed by atoms with Crippen LogP contribution in [0, 0.1) is 5.82 Å². The summed E-state index contributed by atoms with van der Waals surface area (Å²) < 4.78 is 13.5. The molecule has 0 saturated heterocycles. The van der Waals surface area contributed by atoms with Gasteiger partial charge in [0.1, 0.15) is 5.82 Å². The number of nitrogens with one attached hydrogen (secondary N) is 1. The summed E-state index contributed by atoms with van der Waals surface area (Å²) in [5, 5.41) is 2.87. The van der Waals surface area contributed by atoms with Crippen molar-refractivity contribution >= 4 is 17.5 Å². The fourth-order valence-corrected chi connectivity index (χ4v) is 3.06. The van der Waals surface area contributed by atoms with Crippen molar-refractivity contribution in [2.75, 3.05) is 18.5 Å². The Kier molecular flexibility index (Phi) is 5.12. The Bertz CT molecular complexity index is 804. The van der Waals surface area contributed by atoms with Crippen LogP contribution in [0.4, 0.5) is 10.1 Å². The van der Waals surface area contributed by atoms with Crippen LogP contribution in [0.5, 0.6) is 0 Å². The summed E-state index contributed by atoms with van der Waals surface area (Å²) in [5.41, 5.74) is 3.65. The predicted molar refractivity (Wildman–Crippen MR) is 95.0 cm³/mol. The van der Waals surface area contributed by atoms with Crippen molar-refractivity contribution in [3.8, 4) is 0 Å². The number of hydrogen-bond donors (Lipinski definition) is 1. The lowest BCUT2D eigenvalue weighted by Gasteiger charge is -2.11. The molecule has 0 spiro atoms. The molecule has 0 radical (unpaired) electrons. The van der Waals surface area contributed by atoms with Crippen LogP contribution in [0.1, 0.15) is 23.1 Å². The second kappa shape index (κ2) is 7.47. The minimum Gasteiger partial charge on any atom is -0.356 e. The summed E-state index contributed by atoms with van der Waals surface area (Å²) >= 11 is 0. The van der Waals surface area contributed by atoms with Gasteiger partial charge in [-0.2, -0.15) is 0 Å². The maximum atomic E-state index is 13.5. The fraction of sp³-hybridized carbons (Fsp3) is 0.300. The second-order valence-electron chi connectivity index (χ2n) is 6.28. The van der Waals surface area contributed by atoms with Crippen LogP contribution in [-0.4, -0.2) is 25.4 Å². The van der Waals surface area contributed by atoms with E-state index in [0.29, 0.717) is 31.4 Å². The first kappa shape index (κ1) is 17.1. The van der Waals surface area contributed by atoms with Gasteiger partial charge in [0, 0.05) is 25.7 Å². The number of carbonyl (C=O) groups is 2. The number of hydrogen-bond acceptors (Lipinski definition) is 2. The Morgan fingerprint density at radius 1 is 1.20 bits per heavy atom. The quantitative estimate of drug-likeness (QED) is 0.879. The van der Waals surface area contributed by atoms with Gasteiger partial charge >= 0.3 is 0 Å². The molecule has 0 atom stereocenters. The van der Waals surface area contributed by atoms with Crippen molar-refractivity contribution in [1.29, 1.82) is 0 Å². The Morgan fingerprint density at radius 3 is 2.80 bits per heavy atom. The Balaban J connectivity index is 1.45. The highest BCUT2D eigenvalue weighted by molar-refractivity contribution is 6.00. The van der Waals surface area contributed by atoms with Gasteiger partial charge in [0.2, 0.25) is 11.8 Å². The summed E-state index contributed by atoms with van der Waals surface area (Å²) in [7, 11) is 1.78. The van der Waals surface area contributed by atoms with Crippen LogP contribution in [0.2, 0.25) is 0 Å². The first-order valence-electron chi connectivity index (χ1n) is 8.43. The van der Waals surface area contributed by atoms with Crippen molar-refractivity contribution in [2.45, 2.75) is 25.7 Å². The lowest BCUT2D eigenvalue weighted by atomic mass is 10.1. The number of amides is 2. The molecule has 0 aromatic heterocycles. The SMILES string of the molecule is CN1C(=O)Cc2cc(CCNC(=O)CCc3ccccc3F)ccc21. The average molecular weight is 340 g/mol. The average Bonchev–Trinajstić information content (AvgIpc) is 2.88. The number of nitrogens with zero attached hydrogens (tertiary/aromatic N) is 1. The van der Waals surface area contributed by atoms with E-state index < -0.39 is 0 Å². The zero-order chi connectivity index (χ0) is 17.8. The van der Waals surface area contributed by atoms with Crippen LogP contribution in [0.3, 0.4) is 0 Å². The largest absolute Gasteiger partial charge is 0.356 e. The molecule has 0 saturated carbocycles. The lowest BCUT2D eigenvalue weighted by Crippen LogP contribution is -2.26. The number of carbonyl (C=O) groups excluding carboxylic acids is 2. The monoisotopic (exact) mass is 340 g/mol. The molecule has 0 fully saturated rings.